The molecular weight excluding hydrogens is 288 g/mol. The van der Waals surface area contributed by atoms with E-state index in [-0.39, 0.29) is 36.8 Å². The van der Waals surface area contributed by atoms with Crippen LogP contribution >= 0.6 is 0 Å². The second kappa shape index (κ2) is 7.92. The fourth-order valence-corrected chi connectivity index (χ4v) is 1.61. The highest BCUT2D eigenvalue weighted by molar-refractivity contribution is 5.86. The van der Waals surface area contributed by atoms with Gasteiger partial charge in [-0.25, -0.2) is 9.59 Å². The zero-order valence-electron chi connectivity index (χ0n) is 12.6. The third-order valence-corrected chi connectivity index (χ3v) is 2.67. The summed E-state index contributed by atoms with van der Waals surface area (Å²) in [4.78, 5) is 22.6. The molecule has 1 amide bonds. The molecule has 0 aliphatic rings. The first-order chi connectivity index (χ1) is 10.3. The number of nitrogen functional groups attached to an aromatic ring is 1. The molecule has 4 N–H and O–H groups in total. The fraction of sp³-hybridized carbons (Fsp3) is 0.333. The van der Waals surface area contributed by atoms with Crippen molar-refractivity contribution in [2.75, 3.05) is 18.9 Å². The summed E-state index contributed by atoms with van der Waals surface area (Å²) in [6.45, 7) is 6.79. The summed E-state index contributed by atoms with van der Waals surface area (Å²) >= 11 is 0. The van der Waals surface area contributed by atoms with E-state index in [1.807, 2.05) is 6.92 Å². The van der Waals surface area contributed by atoms with Gasteiger partial charge >= 0.3 is 12.1 Å². The predicted octanol–water partition coefficient (Wildman–Crippen LogP) is 1.63. The Morgan fingerprint density at radius 3 is 2.68 bits per heavy atom. The van der Waals surface area contributed by atoms with Crippen LogP contribution in [-0.4, -0.2) is 30.3 Å². The van der Waals surface area contributed by atoms with Crippen LogP contribution < -0.4 is 11.1 Å². The Bertz CT molecular complexity index is 584. The van der Waals surface area contributed by atoms with E-state index < -0.39 is 12.1 Å². The molecule has 0 unspecified atom stereocenters. The van der Waals surface area contributed by atoms with E-state index >= 15 is 0 Å². The number of benzene rings is 1. The first-order valence-corrected chi connectivity index (χ1v) is 6.62. The molecular formula is C15H20N2O5. The molecule has 0 radical (unpaired) electrons. The maximum absolute atomic E-state index is 11.5. The summed E-state index contributed by atoms with van der Waals surface area (Å²) in [5.41, 5.74) is 7.40. The minimum atomic E-state index is -0.689. The van der Waals surface area contributed by atoms with E-state index in [9.17, 15) is 14.7 Å². The number of rotatable bonds is 6. The van der Waals surface area contributed by atoms with E-state index in [1.165, 1.54) is 6.92 Å². The van der Waals surface area contributed by atoms with Crippen molar-refractivity contribution < 1.29 is 24.2 Å². The van der Waals surface area contributed by atoms with Gasteiger partial charge in [0.05, 0.1) is 12.2 Å². The molecule has 7 heteroatoms. The van der Waals surface area contributed by atoms with Gasteiger partial charge < -0.3 is 25.6 Å². The average molecular weight is 308 g/mol. The molecule has 7 nitrogen and oxygen atoms in total. The highest BCUT2D eigenvalue weighted by atomic mass is 16.6. The number of hydrogen-bond acceptors (Lipinski definition) is 6. The molecule has 1 aromatic carbocycles. The molecule has 0 atom stereocenters. The van der Waals surface area contributed by atoms with Crippen molar-refractivity contribution in [2.24, 2.45) is 0 Å². The van der Waals surface area contributed by atoms with E-state index in [4.69, 9.17) is 15.2 Å². The molecule has 0 aromatic heterocycles. The first-order valence-electron chi connectivity index (χ1n) is 6.62. The number of nitrogens with one attached hydrogen (secondary N) is 1. The minimum Gasteiger partial charge on any atom is -0.505 e. The number of esters is 1. The smallest absolute Gasteiger partial charge is 0.407 e. The molecule has 0 spiro atoms. The molecule has 0 fully saturated rings. The van der Waals surface area contributed by atoms with E-state index in [0.717, 1.165) is 5.56 Å². The van der Waals surface area contributed by atoms with Gasteiger partial charge in [-0.15, -0.1) is 0 Å². The number of aromatic hydroxyl groups is 1. The predicted molar refractivity (Wildman–Crippen MR) is 81.2 cm³/mol. The summed E-state index contributed by atoms with van der Waals surface area (Å²) < 4.78 is 9.75. The van der Waals surface area contributed by atoms with Crippen LogP contribution in [0.15, 0.2) is 24.3 Å². The standard InChI is InChI=1S/C15H20N2O5/c1-9(2)14(19)21-5-4-17-15(20)22-8-11-6-10(3)7-12(16)13(11)18/h6-7,18H,1,4-5,8,16H2,2-3H3,(H,17,20). The lowest BCUT2D eigenvalue weighted by Gasteiger charge is -2.10. The number of carbonyl (C=O) groups excluding carboxylic acids is 2. The zero-order chi connectivity index (χ0) is 16.7. The normalized spacial score (nSPS) is 9.91. The lowest BCUT2D eigenvalue weighted by Crippen LogP contribution is -2.28. The van der Waals surface area contributed by atoms with Crippen LogP contribution in [0.2, 0.25) is 0 Å². The van der Waals surface area contributed by atoms with Crippen LogP contribution in [-0.2, 0) is 20.9 Å². The molecule has 1 aromatic rings. The lowest BCUT2D eigenvalue weighted by molar-refractivity contribution is -0.138. The van der Waals surface area contributed by atoms with Gasteiger partial charge in [0, 0.05) is 11.1 Å². The van der Waals surface area contributed by atoms with E-state index in [0.29, 0.717) is 5.56 Å². The Morgan fingerprint density at radius 1 is 1.36 bits per heavy atom. The first kappa shape index (κ1) is 17.4. The molecule has 0 saturated carbocycles. The molecule has 0 heterocycles. The maximum atomic E-state index is 11.5. The summed E-state index contributed by atoms with van der Waals surface area (Å²) in [7, 11) is 0. The highest BCUT2D eigenvalue weighted by Crippen LogP contribution is 2.27. The Balaban J connectivity index is 2.35. The summed E-state index contributed by atoms with van der Waals surface area (Å²) in [5, 5.41) is 12.2. The van der Waals surface area contributed by atoms with Crippen LogP contribution in [0.3, 0.4) is 0 Å². The number of phenolic OH excluding ortho intramolecular Hbond substituents is 1. The Kier molecular flexibility index (Phi) is 6.25. The number of carbonyl (C=O) groups is 2. The number of amides is 1. The summed E-state index contributed by atoms with van der Waals surface area (Å²) in [6, 6.07) is 3.29. The maximum Gasteiger partial charge on any atom is 0.407 e. The number of phenols is 1. The van der Waals surface area contributed by atoms with Crippen molar-refractivity contribution >= 4 is 17.7 Å². The second-order valence-electron chi connectivity index (χ2n) is 4.78. The number of hydrogen-bond donors (Lipinski definition) is 3. The number of ether oxygens (including phenoxy) is 2. The Hall–Kier alpha value is -2.70. The molecule has 0 aliphatic carbocycles. The monoisotopic (exact) mass is 308 g/mol. The van der Waals surface area contributed by atoms with Gasteiger partial charge in [-0.3, -0.25) is 0 Å². The summed E-state index contributed by atoms with van der Waals surface area (Å²) in [5.74, 6) is -0.621. The van der Waals surface area contributed by atoms with Crippen LogP contribution in [0.25, 0.3) is 0 Å². The Morgan fingerprint density at radius 2 is 2.05 bits per heavy atom. The number of anilines is 1. The molecule has 0 saturated heterocycles. The van der Waals surface area contributed by atoms with Gasteiger partial charge in [0.15, 0.2) is 0 Å². The van der Waals surface area contributed by atoms with Crippen LogP contribution in [0.5, 0.6) is 5.75 Å². The van der Waals surface area contributed by atoms with Crippen LogP contribution in [0, 0.1) is 6.92 Å². The third-order valence-electron chi connectivity index (χ3n) is 2.67. The average Bonchev–Trinajstić information content (AvgIpc) is 2.45. The molecule has 120 valence electrons. The summed E-state index contributed by atoms with van der Waals surface area (Å²) in [6.07, 6.45) is -0.689. The molecule has 0 aliphatic heterocycles. The molecule has 1 rings (SSSR count). The van der Waals surface area contributed by atoms with Gasteiger partial charge in [-0.1, -0.05) is 6.58 Å². The number of nitrogens with two attached hydrogens (primary N) is 1. The van der Waals surface area contributed by atoms with Gasteiger partial charge in [0.2, 0.25) is 0 Å². The Labute approximate surface area is 128 Å². The second-order valence-corrected chi connectivity index (χ2v) is 4.78. The quantitative estimate of drug-likeness (QED) is 0.242. The van der Waals surface area contributed by atoms with Crippen molar-refractivity contribution in [3.05, 3.63) is 35.4 Å². The minimum absolute atomic E-state index is 0.0173. The molecule has 0 bridgehead atoms. The fourth-order valence-electron chi connectivity index (χ4n) is 1.61. The highest BCUT2D eigenvalue weighted by Gasteiger charge is 2.09. The largest absolute Gasteiger partial charge is 0.505 e. The zero-order valence-corrected chi connectivity index (χ0v) is 12.6. The van der Waals surface area contributed by atoms with Crippen LogP contribution in [0.4, 0.5) is 10.5 Å². The van der Waals surface area contributed by atoms with Crippen molar-refractivity contribution in [3.63, 3.8) is 0 Å². The van der Waals surface area contributed by atoms with Crippen molar-refractivity contribution in [1.82, 2.24) is 5.32 Å². The lowest BCUT2D eigenvalue weighted by atomic mass is 10.1. The van der Waals surface area contributed by atoms with Gasteiger partial charge in [-0.2, -0.15) is 0 Å². The van der Waals surface area contributed by atoms with Gasteiger partial charge in [-0.05, 0) is 31.5 Å². The third kappa shape index (κ3) is 5.35. The van der Waals surface area contributed by atoms with E-state index in [2.05, 4.69) is 11.9 Å². The molecule has 22 heavy (non-hydrogen) atoms. The van der Waals surface area contributed by atoms with Crippen molar-refractivity contribution in [2.45, 2.75) is 20.5 Å². The van der Waals surface area contributed by atoms with Gasteiger partial charge in [0.25, 0.3) is 0 Å². The number of alkyl carbamates (subject to hydrolysis) is 1. The SMILES string of the molecule is C=C(C)C(=O)OCCNC(=O)OCc1cc(C)cc(N)c1O. The van der Waals surface area contributed by atoms with E-state index in [1.54, 1.807) is 12.1 Å². The topological polar surface area (TPSA) is 111 Å². The van der Waals surface area contributed by atoms with Gasteiger partial charge in [0.1, 0.15) is 19.0 Å². The van der Waals surface area contributed by atoms with Crippen LogP contribution in [0.1, 0.15) is 18.1 Å². The van der Waals surface area contributed by atoms with Crippen molar-refractivity contribution in [1.29, 1.82) is 0 Å². The van der Waals surface area contributed by atoms with Crippen molar-refractivity contribution in [3.8, 4) is 5.75 Å². The number of aryl methyl sites for hydroxylation is 1.